The van der Waals surface area contributed by atoms with Gasteiger partial charge in [0.15, 0.2) is 15.7 Å². The van der Waals surface area contributed by atoms with Crippen LogP contribution >= 0.6 is 0 Å². The number of sulfone groups is 1. The minimum Gasteiger partial charge on any atom is -0.378 e. The molecule has 2 aliphatic rings. The van der Waals surface area contributed by atoms with Crippen LogP contribution in [0.1, 0.15) is 23.9 Å². The van der Waals surface area contributed by atoms with Crippen molar-refractivity contribution < 1.29 is 17.7 Å². The quantitative estimate of drug-likeness (QED) is 0.878. The number of benzene rings is 1. The van der Waals surface area contributed by atoms with Gasteiger partial charge in [-0.1, -0.05) is 5.16 Å². The van der Waals surface area contributed by atoms with E-state index >= 15 is 0 Å². The average molecular weight is 335 g/mol. The van der Waals surface area contributed by atoms with E-state index < -0.39 is 9.84 Å². The van der Waals surface area contributed by atoms with Crippen LogP contribution in [0.5, 0.6) is 0 Å². The van der Waals surface area contributed by atoms with Gasteiger partial charge in [0, 0.05) is 12.1 Å². The van der Waals surface area contributed by atoms with Crippen molar-refractivity contribution in [3.63, 3.8) is 0 Å². The molecule has 0 aliphatic carbocycles. The first-order valence-electron chi connectivity index (χ1n) is 7.64. The second-order valence-electron chi connectivity index (χ2n) is 5.78. The topological polar surface area (TPSA) is 94.3 Å². The summed E-state index contributed by atoms with van der Waals surface area (Å²) < 4.78 is 34.9. The van der Waals surface area contributed by atoms with Gasteiger partial charge in [-0.3, -0.25) is 0 Å². The van der Waals surface area contributed by atoms with E-state index in [-0.39, 0.29) is 11.8 Å². The average Bonchev–Trinajstić information content (AvgIpc) is 3.05. The van der Waals surface area contributed by atoms with Crippen LogP contribution in [0.4, 0.5) is 0 Å². The molecule has 0 amide bonds. The summed E-state index contributed by atoms with van der Waals surface area (Å²) >= 11 is 0. The van der Waals surface area contributed by atoms with Crippen LogP contribution in [-0.2, 0) is 21.0 Å². The van der Waals surface area contributed by atoms with Gasteiger partial charge in [0.1, 0.15) is 0 Å². The Morgan fingerprint density at radius 2 is 2.22 bits per heavy atom. The molecule has 0 spiro atoms. The van der Waals surface area contributed by atoms with Crippen LogP contribution in [0.3, 0.4) is 0 Å². The fourth-order valence-corrected chi connectivity index (χ4v) is 4.58. The minimum atomic E-state index is -3.15. The Labute approximate surface area is 134 Å². The monoisotopic (exact) mass is 335 g/mol. The number of fused-ring (bicyclic) bond motifs is 1. The molecule has 0 radical (unpaired) electrons. The molecule has 23 heavy (non-hydrogen) atoms. The molecule has 1 fully saturated rings. The summed E-state index contributed by atoms with van der Waals surface area (Å²) in [4.78, 5) is 4.85. The number of aryl methyl sites for hydroxylation is 1. The molecule has 2 aliphatic heterocycles. The number of nitrogens with one attached hydrogen (secondary N) is 1. The molecule has 7 nitrogen and oxygen atoms in total. The summed E-state index contributed by atoms with van der Waals surface area (Å²) in [7, 11) is -3.15. The highest BCUT2D eigenvalue weighted by Crippen LogP contribution is 2.29. The Balaban J connectivity index is 1.65. The third-order valence-electron chi connectivity index (χ3n) is 4.18. The van der Waals surface area contributed by atoms with E-state index in [4.69, 9.17) is 9.26 Å². The largest absolute Gasteiger partial charge is 0.378 e. The second kappa shape index (κ2) is 5.70. The Bertz CT molecular complexity index is 825. The molecule has 1 unspecified atom stereocenters. The number of hydrogen-bond donors (Lipinski definition) is 1. The van der Waals surface area contributed by atoms with Crippen molar-refractivity contribution in [3.05, 3.63) is 29.6 Å². The van der Waals surface area contributed by atoms with Crippen molar-refractivity contribution in [3.8, 4) is 11.5 Å². The van der Waals surface area contributed by atoms with Crippen LogP contribution < -0.4 is 5.32 Å². The second-order valence-corrected chi connectivity index (χ2v) is 7.86. The SMILES string of the molecule is O=S1(=O)CCCc2cc(-c3nc(C4COCCN4)no3)ccc21. The lowest BCUT2D eigenvalue weighted by atomic mass is 10.1. The van der Waals surface area contributed by atoms with E-state index in [0.29, 0.717) is 36.2 Å². The Kier molecular flexibility index (Phi) is 3.67. The van der Waals surface area contributed by atoms with Crippen molar-refractivity contribution >= 4 is 9.84 Å². The maximum Gasteiger partial charge on any atom is 0.257 e. The summed E-state index contributed by atoms with van der Waals surface area (Å²) in [6, 6.07) is 5.14. The molecule has 1 aromatic carbocycles. The molecule has 1 saturated heterocycles. The molecule has 2 aromatic rings. The zero-order valence-electron chi connectivity index (χ0n) is 12.5. The predicted octanol–water partition coefficient (Wildman–Crippen LogP) is 1.12. The third-order valence-corrected chi connectivity index (χ3v) is 6.07. The molecule has 1 atom stereocenters. The first-order chi connectivity index (χ1) is 11.1. The van der Waals surface area contributed by atoms with Gasteiger partial charge >= 0.3 is 0 Å². The van der Waals surface area contributed by atoms with E-state index in [9.17, 15) is 8.42 Å². The highest BCUT2D eigenvalue weighted by molar-refractivity contribution is 7.91. The van der Waals surface area contributed by atoms with Gasteiger partial charge in [0.2, 0.25) is 0 Å². The molecular formula is C15H17N3O4S. The van der Waals surface area contributed by atoms with Crippen LogP contribution in [0, 0.1) is 0 Å². The van der Waals surface area contributed by atoms with E-state index in [1.807, 2.05) is 6.07 Å². The van der Waals surface area contributed by atoms with Crippen LogP contribution in [0.2, 0.25) is 0 Å². The number of hydrogen-bond acceptors (Lipinski definition) is 7. The standard InChI is InChI=1S/C15H17N3O4S/c19-23(20)7-1-2-10-8-11(3-4-13(10)23)15-17-14(18-22-15)12-9-21-6-5-16-12/h3-4,8,12,16H,1-2,5-7,9H2. The van der Waals surface area contributed by atoms with Crippen molar-refractivity contribution in [2.24, 2.45) is 0 Å². The van der Waals surface area contributed by atoms with Crippen LogP contribution in [0.25, 0.3) is 11.5 Å². The summed E-state index contributed by atoms with van der Waals surface area (Å²) in [6.45, 7) is 1.95. The molecule has 122 valence electrons. The molecular weight excluding hydrogens is 318 g/mol. The van der Waals surface area contributed by atoms with Gasteiger partial charge in [-0.05, 0) is 36.6 Å². The van der Waals surface area contributed by atoms with Gasteiger partial charge < -0.3 is 14.6 Å². The Morgan fingerprint density at radius 1 is 1.30 bits per heavy atom. The third kappa shape index (κ3) is 2.77. The lowest BCUT2D eigenvalue weighted by Gasteiger charge is -2.20. The van der Waals surface area contributed by atoms with Gasteiger partial charge in [0.05, 0.1) is 29.9 Å². The molecule has 8 heteroatoms. The minimum absolute atomic E-state index is 0.0701. The summed E-state index contributed by atoms with van der Waals surface area (Å²) in [5.74, 6) is 1.18. The number of nitrogens with zero attached hydrogens (tertiary/aromatic N) is 2. The van der Waals surface area contributed by atoms with E-state index in [1.165, 1.54) is 0 Å². The first kappa shape index (κ1) is 14.8. The van der Waals surface area contributed by atoms with Gasteiger partial charge in [-0.25, -0.2) is 8.42 Å². The zero-order valence-corrected chi connectivity index (χ0v) is 13.3. The van der Waals surface area contributed by atoms with E-state index in [0.717, 1.165) is 24.1 Å². The van der Waals surface area contributed by atoms with Gasteiger partial charge in [0.25, 0.3) is 5.89 Å². The number of ether oxygens (including phenoxy) is 1. The molecule has 0 saturated carbocycles. The number of morpholine rings is 1. The predicted molar refractivity (Wildman–Crippen MR) is 81.7 cm³/mol. The van der Waals surface area contributed by atoms with Crippen molar-refractivity contribution in [2.75, 3.05) is 25.5 Å². The summed E-state index contributed by atoms with van der Waals surface area (Å²) in [5.41, 5.74) is 1.57. The molecule has 1 N–H and O–H groups in total. The van der Waals surface area contributed by atoms with Crippen LogP contribution in [0.15, 0.2) is 27.6 Å². The summed E-state index contributed by atoms with van der Waals surface area (Å²) in [5, 5.41) is 7.28. The molecule has 4 rings (SSSR count). The Hall–Kier alpha value is -1.77. The Morgan fingerprint density at radius 3 is 3.04 bits per heavy atom. The lowest BCUT2D eigenvalue weighted by Crippen LogP contribution is -2.35. The molecule has 3 heterocycles. The molecule has 1 aromatic heterocycles. The number of aromatic nitrogens is 2. The fourth-order valence-electron chi connectivity index (χ4n) is 3.00. The highest BCUT2D eigenvalue weighted by Gasteiger charge is 2.25. The zero-order chi connectivity index (χ0) is 15.9. The normalized spacial score (nSPS) is 23.4. The van der Waals surface area contributed by atoms with E-state index in [2.05, 4.69) is 15.5 Å². The highest BCUT2D eigenvalue weighted by atomic mass is 32.2. The van der Waals surface area contributed by atoms with Crippen molar-refractivity contribution in [1.82, 2.24) is 15.5 Å². The van der Waals surface area contributed by atoms with Crippen molar-refractivity contribution in [2.45, 2.75) is 23.8 Å². The van der Waals surface area contributed by atoms with Gasteiger partial charge in [-0.2, -0.15) is 4.98 Å². The van der Waals surface area contributed by atoms with Gasteiger partial charge in [-0.15, -0.1) is 0 Å². The summed E-state index contributed by atoms with van der Waals surface area (Å²) in [6.07, 6.45) is 1.40. The fraction of sp³-hybridized carbons (Fsp3) is 0.467. The van der Waals surface area contributed by atoms with E-state index in [1.54, 1.807) is 12.1 Å². The van der Waals surface area contributed by atoms with Crippen molar-refractivity contribution in [1.29, 1.82) is 0 Å². The van der Waals surface area contributed by atoms with Crippen LogP contribution in [-0.4, -0.2) is 44.1 Å². The molecule has 0 bridgehead atoms. The maximum absolute atomic E-state index is 12.1. The number of rotatable bonds is 2. The smallest absolute Gasteiger partial charge is 0.257 e. The lowest BCUT2D eigenvalue weighted by molar-refractivity contribution is 0.0734. The first-order valence-corrected chi connectivity index (χ1v) is 9.29. The maximum atomic E-state index is 12.1.